The highest BCUT2D eigenvalue weighted by Gasteiger charge is 2.43. The van der Waals surface area contributed by atoms with Gasteiger partial charge in [0.25, 0.3) is 5.79 Å². The van der Waals surface area contributed by atoms with Gasteiger partial charge >= 0.3 is 0 Å². The molecule has 0 saturated carbocycles. The zero-order chi connectivity index (χ0) is 12.4. The van der Waals surface area contributed by atoms with Crippen LogP contribution in [0.2, 0.25) is 0 Å². The quantitative estimate of drug-likeness (QED) is 0.800. The van der Waals surface area contributed by atoms with Gasteiger partial charge in [-0.1, -0.05) is 12.1 Å². The van der Waals surface area contributed by atoms with Crippen LogP contribution >= 0.6 is 15.9 Å². The normalized spacial score (nSPS) is 17.8. The van der Waals surface area contributed by atoms with Crippen molar-refractivity contribution < 1.29 is 9.47 Å². The highest BCUT2D eigenvalue weighted by molar-refractivity contribution is 9.10. The molecular formula is C13H11BrN2O2. The molecule has 0 aromatic carbocycles. The number of hydrogen-bond donors (Lipinski definition) is 0. The summed E-state index contributed by atoms with van der Waals surface area (Å²) in [6.07, 6.45) is 1.72. The van der Waals surface area contributed by atoms with Crippen molar-refractivity contribution in [2.24, 2.45) is 0 Å². The first-order chi connectivity index (χ1) is 8.81. The van der Waals surface area contributed by atoms with Gasteiger partial charge in [-0.25, -0.2) is 4.98 Å². The smallest absolute Gasteiger partial charge is 0.257 e. The molecule has 0 spiro atoms. The molecule has 0 radical (unpaired) electrons. The molecule has 18 heavy (non-hydrogen) atoms. The van der Waals surface area contributed by atoms with Gasteiger partial charge in [0.15, 0.2) is 0 Å². The van der Waals surface area contributed by atoms with E-state index in [-0.39, 0.29) is 0 Å². The standard InChI is InChI=1S/C13H11BrN2O2/c14-12-6-3-5-11(16-12)13(17-8-9-18-13)10-4-1-2-7-15-10/h1-7H,8-9H2. The zero-order valence-corrected chi connectivity index (χ0v) is 11.1. The molecule has 0 atom stereocenters. The second-order valence-electron chi connectivity index (χ2n) is 3.87. The Kier molecular flexibility index (Phi) is 3.11. The molecule has 0 N–H and O–H groups in total. The summed E-state index contributed by atoms with van der Waals surface area (Å²) >= 11 is 3.36. The Labute approximate surface area is 113 Å². The molecule has 1 saturated heterocycles. The summed E-state index contributed by atoms with van der Waals surface area (Å²) in [6.45, 7) is 1.07. The van der Waals surface area contributed by atoms with Crippen molar-refractivity contribution in [3.8, 4) is 0 Å². The van der Waals surface area contributed by atoms with Crippen LogP contribution in [0, 0.1) is 0 Å². The number of hydrogen-bond acceptors (Lipinski definition) is 4. The lowest BCUT2D eigenvalue weighted by Gasteiger charge is -2.25. The minimum Gasteiger partial charge on any atom is -0.337 e. The average molecular weight is 307 g/mol. The highest BCUT2D eigenvalue weighted by atomic mass is 79.9. The number of aromatic nitrogens is 2. The summed E-state index contributed by atoms with van der Waals surface area (Å²) in [5, 5.41) is 0. The van der Waals surface area contributed by atoms with Gasteiger partial charge < -0.3 is 9.47 Å². The Hall–Kier alpha value is -1.30. The van der Waals surface area contributed by atoms with Gasteiger partial charge in [0.2, 0.25) is 0 Å². The molecule has 3 heterocycles. The molecule has 0 bridgehead atoms. The molecule has 2 aromatic rings. The molecule has 2 aromatic heterocycles. The van der Waals surface area contributed by atoms with Crippen molar-refractivity contribution in [3.05, 3.63) is 58.6 Å². The summed E-state index contributed by atoms with van der Waals surface area (Å²) in [7, 11) is 0. The number of pyridine rings is 2. The van der Waals surface area contributed by atoms with Gasteiger partial charge in [0.1, 0.15) is 16.0 Å². The van der Waals surface area contributed by atoms with Crippen LogP contribution in [0.5, 0.6) is 0 Å². The van der Waals surface area contributed by atoms with E-state index in [1.807, 2.05) is 36.4 Å². The lowest BCUT2D eigenvalue weighted by atomic mass is 10.1. The first kappa shape index (κ1) is 11.8. The monoisotopic (exact) mass is 306 g/mol. The number of halogens is 1. The molecule has 0 aliphatic carbocycles. The maximum atomic E-state index is 5.80. The fourth-order valence-electron chi connectivity index (χ4n) is 1.99. The zero-order valence-electron chi connectivity index (χ0n) is 9.54. The van der Waals surface area contributed by atoms with Crippen LogP contribution in [0.4, 0.5) is 0 Å². The van der Waals surface area contributed by atoms with Crippen LogP contribution in [0.1, 0.15) is 11.4 Å². The van der Waals surface area contributed by atoms with Crippen LogP contribution in [0.25, 0.3) is 0 Å². The van der Waals surface area contributed by atoms with E-state index in [1.165, 1.54) is 0 Å². The van der Waals surface area contributed by atoms with Crippen molar-refractivity contribution in [2.45, 2.75) is 5.79 Å². The van der Waals surface area contributed by atoms with E-state index in [2.05, 4.69) is 25.9 Å². The lowest BCUT2D eigenvalue weighted by molar-refractivity contribution is -0.136. The predicted octanol–water partition coefficient (Wildman–Crippen LogP) is 2.49. The first-order valence-electron chi connectivity index (χ1n) is 5.64. The fourth-order valence-corrected chi connectivity index (χ4v) is 2.33. The molecule has 1 aliphatic rings. The van der Waals surface area contributed by atoms with Gasteiger partial charge in [0.05, 0.1) is 13.2 Å². The van der Waals surface area contributed by atoms with E-state index >= 15 is 0 Å². The maximum absolute atomic E-state index is 5.80. The highest BCUT2D eigenvalue weighted by Crippen LogP contribution is 2.36. The van der Waals surface area contributed by atoms with E-state index in [1.54, 1.807) is 6.20 Å². The van der Waals surface area contributed by atoms with Crippen LogP contribution in [0.15, 0.2) is 47.2 Å². The third-order valence-electron chi connectivity index (χ3n) is 2.75. The number of ether oxygens (including phenoxy) is 2. The van der Waals surface area contributed by atoms with Crippen molar-refractivity contribution in [1.82, 2.24) is 9.97 Å². The largest absolute Gasteiger partial charge is 0.337 e. The third kappa shape index (κ3) is 1.94. The Morgan fingerprint density at radius 3 is 2.44 bits per heavy atom. The summed E-state index contributed by atoms with van der Waals surface area (Å²) in [6, 6.07) is 11.3. The number of nitrogens with zero attached hydrogens (tertiary/aromatic N) is 2. The minimum atomic E-state index is -0.981. The van der Waals surface area contributed by atoms with E-state index in [0.717, 1.165) is 4.60 Å². The summed E-state index contributed by atoms with van der Waals surface area (Å²) < 4.78 is 12.3. The van der Waals surface area contributed by atoms with Crippen LogP contribution in [-0.4, -0.2) is 23.2 Å². The molecule has 3 rings (SSSR count). The molecule has 4 nitrogen and oxygen atoms in total. The van der Waals surface area contributed by atoms with Gasteiger partial charge in [-0.3, -0.25) is 4.98 Å². The molecule has 92 valence electrons. The van der Waals surface area contributed by atoms with Crippen molar-refractivity contribution in [1.29, 1.82) is 0 Å². The Bertz CT molecular complexity index is 542. The summed E-state index contributed by atoms with van der Waals surface area (Å²) in [4.78, 5) is 8.76. The molecule has 1 fully saturated rings. The van der Waals surface area contributed by atoms with Crippen molar-refractivity contribution in [2.75, 3.05) is 13.2 Å². The predicted molar refractivity (Wildman–Crippen MR) is 68.9 cm³/mol. The van der Waals surface area contributed by atoms with Crippen LogP contribution in [0.3, 0.4) is 0 Å². The summed E-state index contributed by atoms with van der Waals surface area (Å²) in [5.74, 6) is -0.981. The van der Waals surface area contributed by atoms with Gasteiger partial charge in [-0.15, -0.1) is 0 Å². The maximum Gasteiger partial charge on any atom is 0.257 e. The van der Waals surface area contributed by atoms with E-state index in [4.69, 9.17) is 9.47 Å². The van der Waals surface area contributed by atoms with E-state index in [9.17, 15) is 0 Å². The third-order valence-corrected chi connectivity index (χ3v) is 3.19. The van der Waals surface area contributed by atoms with E-state index in [0.29, 0.717) is 24.6 Å². The second kappa shape index (κ2) is 4.76. The van der Waals surface area contributed by atoms with Gasteiger partial charge in [0, 0.05) is 6.20 Å². The minimum absolute atomic E-state index is 0.533. The SMILES string of the molecule is Brc1cccc(C2(c3ccccn3)OCCO2)n1. The second-order valence-corrected chi connectivity index (χ2v) is 4.69. The van der Waals surface area contributed by atoms with Crippen molar-refractivity contribution >= 4 is 15.9 Å². The Morgan fingerprint density at radius 2 is 1.78 bits per heavy atom. The van der Waals surface area contributed by atoms with Crippen LogP contribution in [-0.2, 0) is 15.3 Å². The summed E-state index contributed by atoms with van der Waals surface area (Å²) in [5.41, 5.74) is 1.42. The molecule has 1 aliphatic heterocycles. The fraction of sp³-hybridized carbons (Fsp3) is 0.231. The molecule has 0 unspecified atom stereocenters. The average Bonchev–Trinajstić information content (AvgIpc) is 2.90. The Balaban J connectivity index is 2.13. The Morgan fingerprint density at radius 1 is 1.00 bits per heavy atom. The number of rotatable bonds is 2. The lowest BCUT2D eigenvalue weighted by Crippen LogP contribution is -2.31. The molecule has 5 heteroatoms. The van der Waals surface area contributed by atoms with Crippen molar-refractivity contribution in [3.63, 3.8) is 0 Å². The molecular weight excluding hydrogens is 296 g/mol. The molecule has 0 amide bonds. The van der Waals surface area contributed by atoms with Crippen LogP contribution < -0.4 is 0 Å². The van der Waals surface area contributed by atoms with Gasteiger partial charge in [-0.2, -0.15) is 0 Å². The first-order valence-corrected chi connectivity index (χ1v) is 6.43. The van der Waals surface area contributed by atoms with Gasteiger partial charge in [-0.05, 0) is 40.2 Å². The van der Waals surface area contributed by atoms with E-state index < -0.39 is 5.79 Å². The topological polar surface area (TPSA) is 44.2 Å².